The summed E-state index contributed by atoms with van der Waals surface area (Å²) in [5.74, 6) is 0.0823. The van der Waals surface area contributed by atoms with Gasteiger partial charge in [0, 0.05) is 19.2 Å². The standard InChI is InChI=1S/C19H24N2O4/c1-4-24-19(9-7-13(2)8-10-19)18(23)21-16-5-6-17(25-14(3)22)15(11-16)12-20/h5-6,11,13H,4,7-10H2,1-3H3,(H,21,23). The predicted molar refractivity (Wildman–Crippen MR) is 93.1 cm³/mol. The van der Waals surface area contributed by atoms with Crippen LogP contribution in [0.25, 0.3) is 0 Å². The summed E-state index contributed by atoms with van der Waals surface area (Å²) in [6, 6.07) is 6.60. The molecule has 0 aliphatic heterocycles. The average molecular weight is 344 g/mol. The van der Waals surface area contributed by atoms with Crippen molar-refractivity contribution in [1.82, 2.24) is 0 Å². The minimum Gasteiger partial charge on any atom is -0.425 e. The molecule has 1 aliphatic carbocycles. The van der Waals surface area contributed by atoms with E-state index in [4.69, 9.17) is 9.47 Å². The smallest absolute Gasteiger partial charge is 0.308 e. The zero-order valence-corrected chi connectivity index (χ0v) is 14.9. The maximum absolute atomic E-state index is 12.8. The molecule has 0 aromatic heterocycles. The van der Waals surface area contributed by atoms with Crippen molar-refractivity contribution in [1.29, 1.82) is 5.26 Å². The zero-order valence-electron chi connectivity index (χ0n) is 14.9. The number of anilines is 1. The van der Waals surface area contributed by atoms with Crippen LogP contribution in [0.5, 0.6) is 5.75 Å². The number of esters is 1. The monoisotopic (exact) mass is 344 g/mol. The van der Waals surface area contributed by atoms with Crippen molar-refractivity contribution in [2.24, 2.45) is 5.92 Å². The molecule has 0 bridgehead atoms. The maximum atomic E-state index is 12.8. The van der Waals surface area contributed by atoms with E-state index < -0.39 is 11.6 Å². The number of carbonyl (C=O) groups excluding carboxylic acids is 2. The first-order chi connectivity index (χ1) is 11.9. The third kappa shape index (κ3) is 4.58. The van der Waals surface area contributed by atoms with E-state index in [2.05, 4.69) is 12.2 Å². The van der Waals surface area contributed by atoms with Gasteiger partial charge in [-0.3, -0.25) is 9.59 Å². The van der Waals surface area contributed by atoms with Crippen LogP contribution in [-0.2, 0) is 14.3 Å². The summed E-state index contributed by atoms with van der Waals surface area (Å²) in [5.41, 5.74) is -0.145. The quantitative estimate of drug-likeness (QED) is 0.653. The summed E-state index contributed by atoms with van der Waals surface area (Å²) < 4.78 is 10.8. The summed E-state index contributed by atoms with van der Waals surface area (Å²) in [5, 5.41) is 12.1. The molecule has 1 fully saturated rings. The Hall–Kier alpha value is -2.39. The Bertz CT molecular complexity index is 685. The highest BCUT2D eigenvalue weighted by molar-refractivity contribution is 5.97. The first-order valence-electron chi connectivity index (χ1n) is 8.58. The van der Waals surface area contributed by atoms with E-state index >= 15 is 0 Å². The van der Waals surface area contributed by atoms with E-state index in [1.54, 1.807) is 6.07 Å². The molecule has 0 saturated heterocycles. The fourth-order valence-corrected chi connectivity index (χ4v) is 3.13. The van der Waals surface area contributed by atoms with Gasteiger partial charge in [0.25, 0.3) is 5.91 Å². The highest BCUT2D eigenvalue weighted by Crippen LogP contribution is 2.36. The van der Waals surface area contributed by atoms with Crippen LogP contribution in [0.15, 0.2) is 18.2 Å². The molecule has 0 atom stereocenters. The molecule has 25 heavy (non-hydrogen) atoms. The second-order valence-electron chi connectivity index (χ2n) is 6.48. The van der Waals surface area contributed by atoms with Gasteiger partial charge in [0.15, 0.2) is 0 Å². The average Bonchev–Trinajstić information content (AvgIpc) is 2.58. The van der Waals surface area contributed by atoms with Crippen molar-refractivity contribution >= 4 is 17.6 Å². The summed E-state index contributed by atoms with van der Waals surface area (Å²) in [6.07, 6.45) is 3.26. The molecule has 1 N–H and O–H groups in total. The van der Waals surface area contributed by atoms with Crippen molar-refractivity contribution in [2.45, 2.75) is 52.1 Å². The summed E-state index contributed by atoms with van der Waals surface area (Å²) >= 11 is 0. The van der Waals surface area contributed by atoms with Gasteiger partial charge >= 0.3 is 5.97 Å². The molecule has 0 unspecified atom stereocenters. The van der Waals surface area contributed by atoms with E-state index in [0.29, 0.717) is 31.1 Å². The van der Waals surface area contributed by atoms with Gasteiger partial charge in [0.05, 0.1) is 5.56 Å². The zero-order chi connectivity index (χ0) is 18.4. The second-order valence-corrected chi connectivity index (χ2v) is 6.48. The van der Waals surface area contributed by atoms with Gasteiger partial charge < -0.3 is 14.8 Å². The highest BCUT2D eigenvalue weighted by Gasteiger charge is 2.41. The molecule has 0 radical (unpaired) electrons. The van der Waals surface area contributed by atoms with Gasteiger partial charge in [-0.25, -0.2) is 0 Å². The fraction of sp³-hybridized carbons (Fsp3) is 0.526. The summed E-state index contributed by atoms with van der Waals surface area (Å²) in [6.45, 7) is 5.80. The molecule has 2 rings (SSSR count). The fourth-order valence-electron chi connectivity index (χ4n) is 3.13. The van der Waals surface area contributed by atoms with Crippen molar-refractivity contribution in [3.63, 3.8) is 0 Å². The first-order valence-corrected chi connectivity index (χ1v) is 8.58. The molecular weight excluding hydrogens is 320 g/mol. The van der Waals surface area contributed by atoms with E-state index in [0.717, 1.165) is 12.8 Å². The molecule has 0 heterocycles. The van der Waals surface area contributed by atoms with Gasteiger partial charge in [-0.05, 0) is 56.7 Å². The number of nitrogens with one attached hydrogen (secondary N) is 1. The topological polar surface area (TPSA) is 88.4 Å². The van der Waals surface area contributed by atoms with Crippen molar-refractivity contribution in [2.75, 3.05) is 11.9 Å². The van der Waals surface area contributed by atoms with Crippen molar-refractivity contribution < 1.29 is 19.1 Å². The Morgan fingerprint density at radius 1 is 1.36 bits per heavy atom. The molecular formula is C19H24N2O4. The Morgan fingerprint density at radius 2 is 2.04 bits per heavy atom. The molecule has 1 aliphatic rings. The van der Waals surface area contributed by atoms with Crippen LogP contribution in [0, 0.1) is 17.2 Å². The lowest BCUT2D eigenvalue weighted by molar-refractivity contribution is -0.146. The maximum Gasteiger partial charge on any atom is 0.308 e. The third-order valence-corrected chi connectivity index (χ3v) is 4.53. The van der Waals surface area contributed by atoms with Gasteiger partial charge in [0.2, 0.25) is 0 Å². The third-order valence-electron chi connectivity index (χ3n) is 4.53. The molecule has 1 amide bonds. The largest absolute Gasteiger partial charge is 0.425 e. The van der Waals surface area contributed by atoms with Crippen LogP contribution in [0.4, 0.5) is 5.69 Å². The number of ether oxygens (including phenoxy) is 2. The molecule has 6 nitrogen and oxygen atoms in total. The van der Waals surface area contributed by atoms with Crippen LogP contribution < -0.4 is 10.1 Å². The van der Waals surface area contributed by atoms with Crippen LogP contribution in [0.2, 0.25) is 0 Å². The summed E-state index contributed by atoms with van der Waals surface area (Å²) in [4.78, 5) is 23.9. The number of nitriles is 1. The van der Waals surface area contributed by atoms with Gasteiger partial charge in [-0.1, -0.05) is 6.92 Å². The molecule has 1 aromatic rings. The van der Waals surface area contributed by atoms with Crippen LogP contribution >= 0.6 is 0 Å². The molecule has 0 spiro atoms. The SMILES string of the molecule is CCOC1(C(=O)Nc2ccc(OC(C)=O)c(C#N)c2)CCC(C)CC1. The van der Waals surface area contributed by atoms with Gasteiger partial charge in [-0.15, -0.1) is 0 Å². The number of nitrogens with zero attached hydrogens (tertiary/aromatic N) is 1. The predicted octanol–water partition coefficient (Wildman–Crippen LogP) is 3.41. The Morgan fingerprint density at radius 3 is 2.60 bits per heavy atom. The van der Waals surface area contributed by atoms with Gasteiger partial charge in [-0.2, -0.15) is 5.26 Å². The lowest BCUT2D eigenvalue weighted by Gasteiger charge is -2.37. The van der Waals surface area contributed by atoms with Crippen LogP contribution in [0.1, 0.15) is 52.0 Å². The number of amides is 1. The number of hydrogen-bond donors (Lipinski definition) is 1. The van der Waals surface area contributed by atoms with Crippen LogP contribution in [0.3, 0.4) is 0 Å². The Labute approximate surface area is 148 Å². The highest BCUT2D eigenvalue weighted by atomic mass is 16.5. The normalized spacial score (nSPS) is 22.7. The Balaban J connectivity index is 2.18. The van der Waals surface area contributed by atoms with Crippen LogP contribution in [-0.4, -0.2) is 24.1 Å². The molecule has 134 valence electrons. The molecule has 6 heteroatoms. The molecule has 1 aromatic carbocycles. The number of carbonyl (C=O) groups is 2. The lowest BCUT2D eigenvalue weighted by atomic mass is 9.78. The second kappa shape index (κ2) is 8.13. The lowest BCUT2D eigenvalue weighted by Crippen LogP contribution is -2.48. The number of hydrogen-bond acceptors (Lipinski definition) is 5. The Kier molecular flexibility index (Phi) is 6.16. The van der Waals surface area contributed by atoms with E-state index in [-0.39, 0.29) is 17.2 Å². The van der Waals surface area contributed by atoms with Crippen molar-refractivity contribution in [3.05, 3.63) is 23.8 Å². The number of benzene rings is 1. The minimum atomic E-state index is -0.817. The van der Waals surface area contributed by atoms with Gasteiger partial charge in [0.1, 0.15) is 17.4 Å². The van der Waals surface area contributed by atoms with E-state index in [1.165, 1.54) is 19.1 Å². The van der Waals surface area contributed by atoms with E-state index in [9.17, 15) is 14.9 Å². The first kappa shape index (κ1) is 18.9. The summed E-state index contributed by atoms with van der Waals surface area (Å²) in [7, 11) is 0. The number of rotatable bonds is 5. The molecule has 1 saturated carbocycles. The van der Waals surface area contributed by atoms with Crippen molar-refractivity contribution in [3.8, 4) is 11.8 Å². The minimum absolute atomic E-state index is 0.180. The van der Waals surface area contributed by atoms with E-state index in [1.807, 2.05) is 13.0 Å².